The van der Waals surface area contributed by atoms with Gasteiger partial charge in [-0.05, 0) is 43.0 Å². The van der Waals surface area contributed by atoms with E-state index in [1.807, 2.05) is 42.5 Å². The Balaban J connectivity index is 1.69. The summed E-state index contributed by atoms with van der Waals surface area (Å²) in [4.78, 5) is 24.9. The van der Waals surface area contributed by atoms with Gasteiger partial charge in [-0.2, -0.15) is 0 Å². The van der Waals surface area contributed by atoms with Crippen molar-refractivity contribution in [3.05, 3.63) is 75.8 Å². The summed E-state index contributed by atoms with van der Waals surface area (Å²) in [5.74, 6) is 0.103. The average Bonchev–Trinajstić information content (AvgIpc) is 2.69. The first kappa shape index (κ1) is 18.1. The summed E-state index contributed by atoms with van der Waals surface area (Å²) in [6.45, 7) is 1.55. The lowest BCUT2D eigenvalue weighted by Crippen LogP contribution is -2.40. The van der Waals surface area contributed by atoms with Crippen LogP contribution >= 0.6 is 0 Å². The Morgan fingerprint density at radius 2 is 1.73 bits per heavy atom. The third kappa shape index (κ3) is 3.91. The number of likely N-dealkylation sites (tertiary alicyclic amines) is 1. The highest BCUT2D eigenvalue weighted by molar-refractivity contribution is 5.77. The van der Waals surface area contributed by atoms with Crippen LogP contribution in [0.4, 0.5) is 5.69 Å². The molecular formula is C20H22N2O4. The molecule has 1 atom stereocenters. The van der Waals surface area contributed by atoms with Gasteiger partial charge in [-0.25, -0.2) is 4.79 Å². The highest BCUT2D eigenvalue weighted by Gasteiger charge is 2.32. The maximum atomic E-state index is 12.3. The first-order chi connectivity index (χ1) is 12.6. The van der Waals surface area contributed by atoms with Crippen LogP contribution in [0, 0.1) is 10.1 Å². The third-order valence-corrected chi connectivity index (χ3v) is 5.01. The van der Waals surface area contributed by atoms with Gasteiger partial charge in [0.05, 0.1) is 12.0 Å². The van der Waals surface area contributed by atoms with Gasteiger partial charge in [0.2, 0.25) is 0 Å². The van der Waals surface area contributed by atoms with E-state index in [4.69, 9.17) is 4.74 Å². The lowest BCUT2D eigenvalue weighted by Gasteiger charge is -2.36. The highest BCUT2D eigenvalue weighted by Crippen LogP contribution is 2.33. The summed E-state index contributed by atoms with van der Waals surface area (Å²) in [7, 11) is 1.42. The number of rotatable bonds is 5. The van der Waals surface area contributed by atoms with Crippen LogP contribution in [0.3, 0.4) is 0 Å². The molecule has 0 N–H and O–H groups in total. The van der Waals surface area contributed by atoms with Crippen molar-refractivity contribution in [2.75, 3.05) is 20.2 Å². The minimum atomic E-state index is -0.390. The topological polar surface area (TPSA) is 72.7 Å². The van der Waals surface area contributed by atoms with Crippen LogP contribution in [0.15, 0.2) is 54.6 Å². The number of nitro benzene ring substituents is 1. The summed E-state index contributed by atoms with van der Waals surface area (Å²) in [6, 6.07) is 16.1. The van der Waals surface area contributed by atoms with E-state index >= 15 is 0 Å². The lowest BCUT2D eigenvalue weighted by molar-refractivity contribution is -0.384. The second kappa shape index (κ2) is 8.10. The number of hydrogen-bond acceptors (Lipinski definition) is 5. The SMILES string of the molecule is COC(=O)C(c1ccccc1)N1CCC(c2ccc([N+](=O)[O-])cc2)CC1. The maximum absolute atomic E-state index is 12.3. The number of nitro groups is 1. The Hall–Kier alpha value is -2.73. The van der Waals surface area contributed by atoms with Gasteiger partial charge in [-0.3, -0.25) is 15.0 Å². The first-order valence-corrected chi connectivity index (χ1v) is 8.71. The molecular weight excluding hydrogens is 332 g/mol. The summed E-state index contributed by atoms with van der Waals surface area (Å²) >= 11 is 0. The number of benzene rings is 2. The van der Waals surface area contributed by atoms with E-state index in [9.17, 15) is 14.9 Å². The molecule has 0 saturated carbocycles. The number of nitrogens with zero attached hydrogens (tertiary/aromatic N) is 2. The second-order valence-corrected chi connectivity index (χ2v) is 6.50. The fourth-order valence-corrected chi connectivity index (χ4v) is 3.60. The number of methoxy groups -OCH3 is 1. The molecule has 1 unspecified atom stereocenters. The van der Waals surface area contributed by atoms with Crippen molar-refractivity contribution in [2.24, 2.45) is 0 Å². The minimum absolute atomic E-state index is 0.112. The van der Waals surface area contributed by atoms with E-state index in [1.54, 1.807) is 12.1 Å². The van der Waals surface area contributed by atoms with Crippen LogP contribution in [-0.4, -0.2) is 36.0 Å². The van der Waals surface area contributed by atoms with E-state index in [-0.39, 0.29) is 22.6 Å². The van der Waals surface area contributed by atoms with Crippen molar-refractivity contribution in [3.8, 4) is 0 Å². The molecule has 0 spiro atoms. The lowest BCUT2D eigenvalue weighted by atomic mass is 9.88. The molecule has 0 radical (unpaired) electrons. The van der Waals surface area contributed by atoms with Crippen molar-refractivity contribution in [3.63, 3.8) is 0 Å². The second-order valence-electron chi connectivity index (χ2n) is 6.50. The Bertz CT molecular complexity index is 753. The van der Waals surface area contributed by atoms with Crippen LogP contribution in [0.2, 0.25) is 0 Å². The van der Waals surface area contributed by atoms with Gasteiger partial charge in [0, 0.05) is 12.1 Å². The normalized spacial score (nSPS) is 16.8. The molecule has 1 aliphatic rings. The number of esters is 1. The zero-order valence-electron chi connectivity index (χ0n) is 14.7. The smallest absolute Gasteiger partial charge is 0.327 e. The molecule has 3 rings (SSSR count). The molecule has 6 nitrogen and oxygen atoms in total. The maximum Gasteiger partial charge on any atom is 0.327 e. The predicted octanol–water partition coefficient (Wildman–Crippen LogP) is 3.69. The third-order valence-electron chi connectivity index (χ3n) is 5.01. The molecule has 1 heterocycles. The van der Waals surface area contributed by atoms with Gasteiger partial charge in [0.1, 0.15) is 6.04 Å². The molecule has 0 aromatic heterocycles. The Kier molecular flexibility index (Phi) is 5.63. The van der Waals surface area contributed by atoms with E-state index in [0.717, 1.165) is 37.1 Å². The summed E-state index contributed by atoms with van der Waals surface area (Å²) in [6.07, 6.45) is 1.80. The van der Waals surface area contributed by atoms with Crippen molar-refractivity contribution < 1.29 is 14.5 Å². The largest absolute Gasteiger partial charge is 0.468 e. The van der Waals surface area contributed by atoms with Crippen molar-refractivity contribution in [1.29, 1.82) is 0 Å². The van der Waals surface area contributed by atoms with E-state index < -0.39 is 0 Å². The summed E-state index contributed by atoms with van der Waals surface area (Å²) in [5, 5.41) is 10.8. The Labute approximate surface area is 152 Å². The monoisotopic (exact) mass is 354 g/mol. The number of ether oxygens (including phenoxy) is 1. The molecule has 1 aliphatic heterocycles. The zero-order valence-corrected chi connectivity index (χ0v) is 14.7. The Morgan fingerprint density at radius 1 is 1.12 bits per heavy atom. The van der Waals surface area contributed by atoms with Crippen molar-refractivity contribution >= 4 is 11.7 Å². The number of carbonyl (C=O) groups excluding carboxylic acids is 1. The molecule has 2 aromatic carbocycles. The van der Waals surface area contributed by atoms with Crippen LogP contribution in [0.25, 0.3) is 0 Å². The molecule has 0 amide bonds. The van der Waals surface area contributed by atoms with Crippen LogP contribution < -0.4 is 0 Å². The van der Waals surface area contributed by atoms with Crippen LogP contribution in [0.1, 0.15) is 35.9 Å². The Morgan fingerprint density at radius 3 is 2.27 bits per heavy atom. The standard InChI is InChI=1S/C20H22N2O4/c1-26-20(23)19(17-5-3-2-4-6-17)21-13-11-16(12-14-21)15-7-9-18(10-8-15)22(24)25/h2-10,16,19H,11-14H2,1H3. The average molecular weight is 354 g/mol. The van der Waals surface area contributed by atoms with Gasteiger partial charge in [0.15, 0.2) is 0 Å². The molecule has 0 bridgehead atoms. The summed E-state index contributed by atoms with van der Waals surface area (Å²) < 4.78 is 5.02. The van der Waals surface area contributed by atoms with Crippen molar-refractivity contribution in [1.82, 2.24) is 4.90 Å². The molecule has 6 heteroatoms. The van der Waals surface area contributed by atoms with Crippen molar-refractivity contribution in [2.45, 2.75) is 24.8 Å². The number of hydrogen-bond donors (Lipinski definition) is 0. The highest BCUT2D eigenvalue weighted by atomic mass is 16.6. The quantitative estimate of drug-likeness (QED) is 0.465. The number of carbonyl (C=O) groups is 1. The van der Waals surface area contributed by atoms with Gasteiger partial charge >= 0.3 is 5.97 Å². The minimum Gasteiger partial charge on any atom is -0.468 e. The van der Waals surface area contributed by atoms with Gasteiger partial charge in [-0.1, -0.05) is 42.5 Å². The van der Waals surface area contributed by atoms with E-state index in [1.165, 1.54) is 7.11 Å². The van der Waals surface area contributed by atoms with E-state index in [0.29, 0.717) is 5.92 Å². The predicted molar refractivity (Wildman–Crippen MR) is 97.8 cm³/mol. The molecule has 136 valence electrons. The number of piperidine rings is 1. The van der Waals surface area contributed by atoms with E-state index in [2.05, 4.69) is 4.90 Å². The number of non-ortho nitro benzene ring substituents is 1. The molecule has 1 fully saturated rings. The van der Waals surface area contributed by atoms with Gasteiger partial charge in [0.25, 0.3) is 5.69 Å². The zero-order chi connectivity index (χ0) is 18.5. The first-order valence-electron chi connectivity index (χ1n) is 8.71. The molecule has 0 aliphatic carbocycles. The van der Waals surface area contributed by atoms with Crippen LogP contribution in [0.5, 0.6) is 0 Å². The molecule has 2 aromatic rings. The molecule has 26 heavy (non-hydrogen) atoms. The summed E-state index contributed by atoms with van der Waals surface area (Å²) in [5.41, 5.74) is 2.17. The fraction of sp³-hybridized carbons (Fsp3) is 0.350. The van der Waals surface area contributed by atoms with Crippen LogP contribution in [-0.2, 0) is 9.53 Å². The molecule has 1 saturated heterocycles. The van der Waals surface area contributed by atoms with Gasteiger partial charge in [-0.15, -0.1) is 0 Å². The van der Waals surface area contributed by atoms with Gasteiger partial charge < -0.3 is 4.74 Å². The fourth-order valence-electron chi connectivity index (χ4n) is 3.60.